The van der Waals surface area contributed by atoms with Crippen LogP contribution in [0.25, 0.3) is 0 Å². The zero-order chi connectivity index (χ0) is 14.7. The van der Waals surface area contributed by atoms with Crippen molar-refractivity contribution in [2.24, 2.45) is 0 Å². The Balaban J connectivity index is 2.48. The van der Waals surface area contributed by atoms with Crippen LogP contribution in [0.3, 0.4) is 0 Å². The second kappa shape index (κ2) is 5.87. The van der Waals surface area contributed by atoms with Crippen LogP contribution in [-0.4, -0.2) is 31.6 Å². The van der Waals surface area contributed by atoms with Gasteiger partial charge in [-0.2, -0.15) is 12.6 Å². The summed E-state index contributed by atoms with van der Waals surface area (Å²) in [4.78, 5) is 22.8. The van der Waals surface area contributed by atoms with E-state index in [0.29, 0.717) is 23.9 Å². The molecule has 0 aromatic carbocycles. The fourth-order valence-electron chi connectivity index (χ4n) is 1.87. The monoisotopic (exact) mass is 295 g/mol. The van der Waals surface area contributed by atoms with Crippen LogP contribution in [0, 0.1) is 10.1 Å². The lowest BCUT2D eigenvalue weighted by molar-refractivity contribution is -0.392. The molecule has 0 aliphatic rings. The van der Waals surface area contributed by atoms with Gasteiger partial charge in [0.1, 0.15) is 17.1 Å². The Labute approximate surface area is 120 Å². The highest BCUT2D eigenvalue weighted by Gasteiger charge is 2.28. The van der Waals surface area contributed by atoms with Crippen molar-refractivity contribution in [1.82, 2.24) is 19.5 Å². The van der Waals surface area contributed by atoms with Gasteiger partial charge in [0, 0.05) is 12.4 Å². The Kier molecular flexibility index (Phi) is 4.18. The maximum Gasteiger partial charge on any atom is 0.342 e. The van der Waals surface area contributed by atoms with E-state index in [9.17, 15) is 10.1 Å². The van der Waals surface area contributed by atoms with E-state index in [1.807, 2.05) is 0 Å². The first kappa shape index (κ1) is 14.3. The third kappa shape index (κ3) is 2.44. The molecule has 0 amide bonds. The second-order valence-electron chi connectivity index (χ2n) is 3.83. The fourth-order valence-corrected chi connectivity index (χ4v) is 2.25. The molecule has 2 aromatic rings. The SMILES string of the molecule is CCn1c([N+](=O)[O-])cnc1C(S)c1nccnc1OC. The first-order chi connectivity index (χ1) is 9.60. The molecule has 1 atom stereocenters. The summed E-state index contributed by atoms with van der Waals surface area (Å²) >= 11 is 4.45. The molecule has 2 rings (SSSR count). The van der Waals surface area contributed by atoms with Crippen molar-refractivity contribution in [2.45, 2.75) is 18.7 Å². The predicted molar refractivity (Wildman–Crippen MR) is 74.0 cm³/mol. The normalized spacial score (nSPS) is 12.2. The van der Waals surface area contributed by atoms with Gasteiger partial charge in [-0.1, -0.05) is 0 Å². The van der Waals surface area contributed by atoms with E-state index < -0.39 is 10.2 Å². The maximum absolute atomic E-state index is 10.9. The molecule has 0 saturated heterocycles. The Morgan fingerprint density at radius 1 is 1.45 bits per heavy atom. The molecule has 8 nitrogen and oxygen atoms in total. The topological polar surface area (TPSA) is 96.0 Å². The highest BCUT2D eigenvalue weighted by Crippen LogP contribution is 2.32. The summed E-state index contributed by atoms with van der Waals surface area (Å²) in [5.41, 5.74) is 0.466. The number of hydrogen-bond acceptors (Lipinski definition) is 7. The van der Waals surface area contributed by atoms with E-state index in [1.165, 1.54) is 30.3 Å². The number of nitrogens with zero attached hydrogens (tertiary/aromatic N) is 5. The van der Waals surface area contributed by atoms with Crippen molar-refractivity contribution in [1.29, 1.82) is 0 Å². The minimum absolute atomic E-state index is 0.0793. The summed E-state index contributed by atoms with van der Waals surface area (Å²) in [7, 11) is 1.47. The van der Waals surface area contributed by atoms with Gasteiger partial charge < -0.3 is 14.9 Å². The highest BCUT2D eigenvalue weighted by molar-refractivity contribution is 7.80. The first-order valence-corrected chi connectivity index (χ1v) is 6.34. The van der Waals surface area contributed by atoms with Crippen molar-refractivity contribution in [3.05, 3.63) is 40.2 Å². The van der Waals surface area contributed by atoms with Crippen LogP contribution < -0.4 is 4.74 Å². The van der Waals surface area contributed by atoms with Crippen molar-refractivity contribution in [2.75, 3.05) is 7.11 Å². The number of methoxy groups -OCH3 is 1. The number of aromatic nitrogens is 4. The van der Waals surface area contributed by atoms with Gasteiger partial charge >= 0.3 is 5.82 Å². The molecule has 0 fully saturated rings. The predicted octanol–water partition coefficient (Wildman–Crippen LogP) is 1.63. The largest absolute Gasteiger partial charge is 0.480 e. The Bertz CT molecular complexity index is 630. The van der Waals surface area contributed by atoms with Crippen molar-refractivity contribution >= 4 is 18.4 Å². The molecule has 2 aromatic heterocycles. The maximum atomic E-state index is 10.9. The molecule has 2 heterocycles. The van der Waals surface area contributed by atoms with E-state index >= 15 is 0 Å². The van der Waals surface area contributed by atoms with Gasteiger partial charge in [-0.25, -0.2) is 14.5 Å². The Hall–Kier alpha value is -2.16. The van der Waals surface area contributed by atoms with Crippen LogP contribution in [0.15, 0.2) is 18.6 Å². The summed E-state index contributed by atoms with van der Waals surface area (Å²) in [6.45, 7) is 2.21. The lowest BCUT2D eigenvalue weighted by Crippen LogP contribution is -2.10. The Morgan fingerprint density at radius 3 is 2.75 bits per heavy atom. The van der Waals surface area contributed by atoms with E-state index in [2.05, 4.69) is 27.6 Å². The van der Waals surface area contributed by atoms with E-state index in [-0.39, 0.29) is 5.82 Å². The molecule has 0 aliphatic carbocycles. The molecule has 0 N–H and O–H groups in total. The third-order valence-corrected chi connectivity index (χ3v) is 3.23. The van der Waals surface area contributed by atoms with Crippen molar-refractivity contribution in [3.63, 3.8) is 0 Å². The molecule has 0 saturated carbocycles. The quantitative estimate of drug-likeness (QED) is 0.511. The van der Waals surface area contributed by atoms with E-state index in [1.54, 1.807) is 6.92 Å². The number of rotatable bonds is 5. The number of hydrogen-bond donors (Lipinski definition) is 1. The number of thiol groups is 1. The fraction of sp³-hybridized carbons (Fsp3) is 0.364. The summed E-state index contributed by atoms with van der Waals surface area (Å²) in [5, 5.41) is 10.4. The molecule has 0 spiro atoms. The second-order valence-corrected chi connectivity index (χ2v) is 4.35. The van der Waals surface area contributed by atoms with Crippen molar-refractivity contribution in [3.8, 4) is 5.88 Å². The zero-order valence-corrected chi connectivity index (χ0v) is 11.8. The Morgan fingerprint density at radius 2 is 2.15 bits per heavy atom. The first-order valence-electron chi connectivity index (χ1n) is 5.82. The molecule has 1 unspecified atom stereocenters. The standard InChI is InChI=1S/C11H13N5O3S/c1-3-15-7(16(17)18)6-14-10(15)9(20)8-11(19-2)13-5-4-12-8/h4-6,9,20H,3H2,1-2H3. The molecule has 0 aliphatic heterocycles. The van der Waals surface area contributed by atoms with Crippen LogP contribution in [0.5, 0.6) is 5.88 Å². The van der Waals surface area contributed by atoms with Crippen LogP contribution in [0.4, 0.5) is 5.82 Å². The molecule has 0 radical (unpaired) electrons. The van der Waals surface area contributed by atoms with Gasteiger partial charge in [0.25, 0.3) is 0 Å². The van der Waals surface area contributed by atoms with Crippen molar-refractivity contribution < 1.29 is 9.66 Å². The average Bonchev–Trinajstić information content (AvgIpc) is 2.90. The molecule has 20 heavy (non-hydrogen) atoms. The molecule has 9 heteroatoms. The lowest BCUT2D eigenvalue weighted by Gasteiger charge is -2.11. The van der Waals surface area contributed by atoms with Gasteiger partial charge in [-0.05, 0) is 11.8 Å². The zero-order valence-electron chi connectivity index (χ0n) is 10.9. The van der Waals surface area contributed by atoms with Crippen LogP contribution in [0.2, 0.25) is 0 Å². The summed E-state index contributed by atoms with van der Waals surface area (Å²) in [6.07, 6.45) is 4.22. The lowest BCUT2D eigenvalue weighted by atomic mass is 10.3. The van der Waals surface area contributed by atoms with Gasteiger partial charge in [-0.3, -0.25) is 4.98 Å². The number of ether oxygens (including phenoxy) is 1. The van der Waals surface area contributed by atoms with Crippen LogP contribution >= 0.6 is 12.6 Å². The molecule has 0 bridgehead atoms. The number of nitro groups is 1. The average molecular weight is 295 g/mol. The van der Waals surface area contributed by atoms with E-state index in [4.69, 9.17) is 4.74 Å². The summed E-state index contributed by atoms with van der Waals surface area (Å²) < 4.78 is 6.60. The van der Waals surface area contributed by atoms with Gasteiger partial charge in [0.2, 0.25) is 11.7 Å². The minimum Gasteiger partial charge on any atom is -0.480 e. The van der Waals surface area contributed by atoms with Crippen LogP contribution in [-0.2, 0) is 6.54 Å². The number of imidazole rings is 1. The molecule has 106 valence electrons. The van der Waals surface area contributed by atoms with Crippen LogP contribution in [0.1, 0.15) is 23.7 Å². The van der Waals surface area contributed by atoms with Gasteiger partial charge in [0.05, 0.1) is 13.7 Å². The van der Waals surface area contributed by atoms with Gasteiger partial charge in [-0.15, -0.1) is 0 Å². The molecular formula is C11H13N5O3S. The summed E-state index contributed by atoms with van der Waals surface area (Å²) in [6, 6.07) is 0. The highest BCUT2D eigenvalue weighted by atomic mass is 32.1. The minimum atomic E-state index is -0.563. The molecular weight excluding hydrogens is 282 g/mol. The summed E-state index contributed by atoms with van der Waals surface area (Å²) in [5.74, 6) is 0.673. The van der Waals surface area contributed by atoms with Gasteiger partial charge in [0.15, 0.2) is 0 Å². The third-order valence-electron chi connectivity index (χ3n) is 2.76. The smallest absolute Gasteiger partial charge is 0.342 e. The van der Waals surface area contributed by atoms with E-state index in [0.717, 1.165) is 0 Å².